The van der Waals surface area contributed by atoms with Crippen LogP contribution in [0, 0.1) is 5.82 Å². The van der Waals surface area contributed by atoms with Gasteiger partial charge in [-0.05, 0) is 68.5 Å². The normalized spacial score (nSPS) is 15.8. The van der Waals surface area contributed by atoms with E-state index in [1.165, 1.54) is 18.0 Å². The number of hydrogen-bond donors (Lipinski definition) is 1. The van der Waals surface area contributed by atoms with E-state index in [1.54, 1.807) is 12.1 Å². The zero-order valence-corrected chi connectivity index (χ0v) is 18.9. The van der Waals surface area contributed by atoms with Crippen LogP contribution in [0.5, 0.6) is 5.75 Å². The van der Waals surface area contributed by atoms with Gasteiger partial charge in [-0.25, -0.2) is 12.8 Å². The van der Waals surface area contributed by atoms with Gasteiger partial charge < -0.3 is 14.9 Å². The molecule has 2 aromatic carbocycles. The molecule has 0 atom stereocenters. The maximum absolute atomic E-state index is 13.2. The number of benzene rings is 2. The van der Waals surface area contributed by atoms with Gasteiger partial charge in [0.25, 0.3) is 15.9 Å². The third kappa shape index (κ3) is 4.13. The van der Waals surface area contributed by atoms with Crippen LogP contribution < -0.4 is 4.90 Å². The SMILES string of the molecule is CCN(CC)c1ccc(C=C2C(=O)N(S(=O)(=O)c3ccc(F)cc3)C(=S)N2C)c(O)c1. The Labute approximate surface area is 186 Å². The number of aromatic hydroxyl groups is 1. The highest BCUT2D eigenvalue weighted by atomic mass is 32.2. The van der Waals surface area contributed by atoms with Crippen molar-refractivity contribution in [2.24, 2.45) is 0 Å². The average molecular weight is 464 g/mol. The number of amides is 1. The Morgan fingerprint density at radius 3 is 2.29 bits per heavy atom. The molecule has 1 N–H and O–H groups in total. The number of phenols is 1. The molecular formula is C21H22FN3O4S2. The van der Waals surface area contributed by atoms with Crippen LogP contribution in [0.1, 0.15) is 19.4 Å². The minimum absolute atomic E-state index is 0.0124. The van der Waals surface area contributed by atoms with Crippen molar-refractivity contribution < 1.29 is 22.7 Å². The first-order valence-corrected chi connectivity index (χ1v) is 11.4. The summed E-state index contributed by atoms with van der Waals surface area (Å²) in [6, 6.07) is 9.17. The highest BCUT2D eigenvalue weighted by Crippen LogP contribution is 2.31. The number of sulfonamides is 1. The van der Waals surface area contributed by atoms with Gasteiger partial charge in [0.1, 0.15) is 17.3 Å². The van der Waals surface area contributed by atoms with Gasteiger partial charge in [-0.15, -0.1) is 0 Å². The second kappa shape index (κ2) is 8.64. The predicted molar refractivity (Wildman–Crippen MR) is 120 cm³/mol. The van der Waals surface area contributed by atoms with Crippen LogP contribution >= 0.6 is 12.2 Å². The number of phenolic OH excluding ortho intramolecular Hbond substituents is 1. The van der Waals surface area contributed by atoms with Gasteiger partial charge in [0, 0.05) is 37.5 Å². The number of anilines is 1. The van der Waals surface area contributed by atoms with E-state index in [0.29, 0.717) is 9.87 Å². The second-order valence-corrected chi connectivity index (χ2v) is 8.97. The van der Waals surface area contributed by atoms with Crippen molar-refractivity contribution >= 4 is 45.0 Å². The molecule has 1 aliphatic rings. The number of rotatable bonds is 6. The first-order valence-electron chi connectivity index (χ1n) is 9.54. The molecule has 31 heavy (non-hydrogen) atoms. The Balaban J connectivity index is 1.99. The van der Waals surface area contributed by atoms with Crippen LogP contribution in [-0.2, 0) is 14.8 Å². The molecule has 0 spiro atoms. The minimum atomic E-state index is -4.32. The molecule has 2 aromatic rings. The average Bonchev–Trinajstić information content (AvgIpc) is 2.94. The van der Waals surface area contributed by atoms with E-state index >= 15 is 0 Å². The summed E-state index contributed by atoms with van der Waals surface area (Å²) in [7, 11) is -2.86. The van der Waals surface area contributed by atoms with Gasteiger partial charge in [0.05, 0.1) is 4.90 Å². The van der Waals surface area contributed by atoms with E-state index in [0.717, 1.165) is 43.0 Å². The Hall–Kier alpha value is -2.98. The fourth-order valence-electron chi connectivity index (χ4n) is 3.24. The smallest absolute Gasteiger partial charge is 0.290 e. The number of carbonyl (C=O) groups is 1. The minimum Gasteiger partial charge on any atom is -0.507 e. The standard InChI is InChI=1S/C21H22FN3O4S2/c1-4-24(5-2)16-9-6-14(19(26)13-16)12-18-20(27)25(21(30)23(18)3)31(28,29)17-10-7-15(22)8-11-17/h6-13,26H,4-5H2,1-3H3. The molecule has 7 nitrogen and oxygen atoms in total. The zero-order chi connectivity index (χ0) is 22.9. The van der Waals surface area contributed by atoms with Crippen molar-refractivity contribution in [3.05, 3.63) is 59.5 Å². The van der Waals surface area contributed by atoms with Crippen molar-refractivity contribution in [3.63, 3.8) is 0 Å². The summed E-state index contributed by atoms with van der Waals surface area (Å²) in [5, 5.41) is 10.2. The zero-order valence-electron chi connectivity index (χ0n) is 17.2. The lowest BCUT2D eigenvalue weighted by Gasteiger charge is -2.21. The van der Waals surface area contributed by atoms with Crippen molar-refractivity contribution in [1.82, 2.24) is 9.21 Å². The maximum atomic E-state index is 13.2. The van der Waals surface area contributed by atoms with E-state index in [9.17, 15) is 22.7 Å². The fraction of sp³-hybridized carbons (Fsp3) is 0.238. The monoisotopic (exact) mass is 463 g/mol. The Morgan fingerprint density at radius 1 is 1.13 bits per heavy atom. The fourth-order valence-corrected chi connectivity index (χ4v) is 5.05. The first-order chi connectivity index (χ1) is 14.6. The molecule has 0 aromatic heterocycles. The van der Waals surface area contributed by atoms with Crippen LogP contribution in [0.3, 0.4) is 0 Å². The molecule has 1 saturated heterocycles. The van der Waals surface area contributed by atoms with Crippen LogP contribution in [0.4, 0.5) is 10.1 Å². The predicted octanol–water partition coefficient (Wildman–Crippen LogP) is 3.17. The highest BCUT2D eigenvalue weighted by Gasteiger charge is 2.44. The number of thiocarbonyl (C=S) groups is 1. The van der Waals surface area contributed by atoms with Gasteiger partial charge in [0.2, 0.25) is 0 Å². The molecule has 0 bridgehead atoms. The van der Waals surface area contributed by atoms with Crippen molar-refractivity contribution in [2.75, 3.05) is 25.0 Å². The number of halogens is 1. The lowest BCUT2D eigenvalue weighted by atomic mass is 10.1. The molecule has 1 aliphatic heterocycles. The molecule has 1 amide bonds. The summed E-state index contributed by atoms with van der Waals surface area (Å²) in [6.45, 7) is 5.53. The van der Waals surface area contributed by atoms with Gasteiger partial charge in [0.15, 0.2) is 5.11 Å². The molecule has 0 saturated carbocycles. The summed E-state index contributed by atoms with van der Waals surface area (Å²) in [4.78, 5) is 16.0. The lowest BCUT2D eigenvalue weighted by Crippen LogP contribution is -2.37. The van der Waals surface area contributed by atoms with E-state index in [2.05, 4.69) is 4.90 Å². The van der Waals surface area contributed by atoms with E-state index < -0.39 is 21.7 Å². The molecule has 3 rings (SSSR count). The van der Waals surface area contributed by atoms with E-state index in [-0.39, 0.29) is 21.5 Å². The second-order valence-electron chi connectivity index (χ2n) is 6.82. The summed E-state index contributed by atoms with van der Waals surface area (Å²) >= 11 is 5.19. The maximum Gasteiger partial charge on any atom is 0.290 e. The van der Waals surface area contributed by atoms with E-state index in [1.807, 2.05) is 19.9 Å². The molecule has 164 valence electrons. The topological polar surface area (TPSA) is 81.2 Å². The number of nitrogens with zero attached hydrogens (tertiary/aromatic N) is 3. The molecule has 0 aliphatic carbocycles. The largest absolute Gasteiger partial charge is 0.507 e. The molecule has 10 heteroatoms. The van der Waals surface area contributed by atoms with Crippen molar-refractivity contribution in [1.29, 1.82) is 0 Å². The summed E-state index contributed by atoms with van der Waals surface area (Å²) in [5.74, 6) is -1.51. The summed E-state index contributed by atoms with van der Waals surface area (Å²) in [6.07, 6.45) is 1.39. The van der Waals surface area contributed by atoms with Crippen LogP contribution in [0.25, 0.3) is 6.08 Å². The molecule has 0 radical (unpaired) electrons. The number of hydrogen-bond acceptors (Lipinski definition) is 6. The Morgan fingerprint density at radius 2 is 1.74 bits per heavy atom. The van der Waals surface area contributed by atoms with E-state index in [4.69, 9.17) is 12.2 Å². The Bertz CT molecular complexity index is 1160. The molecule has 0 unspecified atom stereocenters. The molecular weight excluding hydrogens is 441 g/mol. The number of carbonyl (C=O) groups excluding carboxylic acids is 1. The first kappa shape index (κ1) is 22.7. The molecule has 1 heterocycles. The lowest BCUT2D eigenvalue weighted by molar-refractivity contribution is -0.119. The van der Waals surface area contributed by atoms with Crippen molar-refractivity contribution in [3.8, 4) is 5.75 Å². The van der Waals surface area contributed by atoms with Gasteiger partial charge in [-0.1, -0.05) is 0 Å². The molecule has 1 fully saturated rings. The third-order valence-electron chi connectivity index (χ3n) is 5.01. The summed E-state index contributed by atoms with van der Waals surface area (Å²) < 4.78 is 39.6. The van der Waals surface area contributed by atoms with Crippen LogP contribution in [0.2, 0.25) is 0 Å². The Kier molecular flexibility index (Phi) is 6.33. The van der Waals surface area contributed by atoms with Crippen LogP contribution in [-0.4, -0.2) is 53.9 Å². The number of likely N-dealkylation sites (N-methyl/N-ethyl adjacent to an activating group) is 1. The van der Waals surface area contributed by atoms with Crippen LogP contribution in [0.15, 0.2) is 53.1 Å². The third-order valence-corrected chi connectivity index (χ3v) is 7.27. The highest BCUT2D eigenvalue weighted by molar-refractivity contribution is 7.92. The van der Waals surface area contributed by atoms with Gasteiger partial charge in [-0.3, -0.25) is 4.79 Å². The van der Waals surface area contributed by atoms with Crippen molar-refractivity contribution in [2.45, 2.75) is 18.7 Å². The quantitative estimate of drug-likeness (QED) is 0.521. The van der Waals surface area contributed by atoms with Gasteiger partial charge >= 0.3 is 0 Å². The summed E-state index contributed by atoms with van der Waals surface area (Å²) in [5.41, 5.74) is 1.16. The van der Waals surface area contributed by atoms with Gasteiger partial charge in [-0.2, -0.15) is 4.31 Å².